The number of fused-ring (bicyclic) bond motifs is 1. The summed E-state index contributed by atoms with van der Waals surface area (Å²) in [5.74, 6) is 1.00. The second-order valence-corrected chi connectivity index (χ2v) is 10.8. The van der Waals surface area contributed by atoms with E-state index in [0.717, 1.165) is 22.3 Å². The minimum atomic E-state index is -0.602. The van der Waals surface area contributed by atoms with Crippen LogP contribution in [0.15, 0.2) is 84.3 Å². The molecule has 4 aromatic rings. The van der Waals surface area contributed by atoms with E-state index in [1.165, 1.54) is 5.56 Å². The van der Waals surface area contributed by atoms with Crippen LogP contribution >= 0.6 is 11.6 Å². The zero-order chi connectivity index (χ0) is 31.4. The lowest BCUT2D eigenvalue weighted by Crippen LogP contribution is -2.22. The lowest BCUT2D eigenvalue weighted by Gasteiger charge is -2.27. The molecule has 1 aliphatic rings. The smallest absolute Gasteiger partial charge is 0.349 e. The lowest BCUT2D eigenvalue weighted by atomic mass is 9.83. The maximum atomic E-state index is 12.6. The molecular weight excluding hydrogens is 580 g/mol. The number of halogens is 1. The van der Waals surface area contributed by atoms with Crippen LogP contribution in [0.2, 0.25) is 5.02 Å². The highest BCUT2D eigenvalue weighted by molar-refractivity contribution is 6.32. The molecule has 0 saturated heterocycles. The van der Waals surface area contributed by atoms with Crippen molar-refractivity contribution in [2.45, 2.75) is 33.3 Å². The van der Waals surface area contributed by atoms with Crippen LogP contribution in [0.4, 0.5) is 0 Å². The number of carbonyl (C=O) groups is 1. The summed E-state index contributed by atoms with van der Waals surface area (Å²) in [6.07, 6.45) is 0. The number of allylic oxidation sites excluding steroid dienone is 1. The Kier molecular flexibility index (Phi) is 8.98. The van der Waals surface area contributed by atoms with Gasteiger partial charge >= 0.3 is 5.97 Å². The summed E-state index contributed by atoms with van der Waals surface area (Å²) in [5, 5.41) is 10.6. The van der Waals surface area contributed by atoms with Gasteiger partial charge in [0.1, 0.15) is 35.5 Å². The van der Waals surface area contributed by atoms with Crippen molar-refractivity contribution < 1.29 is 28.5 Å². The van der Waals surface area contributed by atoms with E-state index in [9.17, 15) is 10.1 Å². The van der Waals surface area contributed by atoms with Gasteiger partial charge in [-0.05, 0) is 73.4 Å². The zero-order valence-electron chi connectivity index (χ0n) is 24.8. The van der Waals surface area contributed by atoms with E-state index in [1.54, 1.807) is 37.4 Å². The number of carbonyl (C=O) groups excluding carboxylic acids is 1. The first kappa shape index (κ1) is 30.3. The second-order valence-electron chi connectivity index (χ2n) is 10.4. The predicted octanol–water partition coefficient (Wildman–Crippen LogP) is 7.06. The third kappa shape index (κ3) is 6.59. The van der Waals surface area contributed by atoms with Gasteiger partial charge in [0.05, 0.1) is 13.0 Å². The van der Waals surface area contributed by atoms with Crippen molar-refractivity contribution in [2.75, 3.05) is 13.7 Å². The van der Waals surface area contributed by atoms with Gasteiger partial charge in [0.15, 0.2) is 18.1 Å². The largest absolute Gasteiger partial charge is 0.493 e. The van der Waals surface area contributed by atoms with Crippen molar-refractivity contribution in [3.8, 4) is 34.8 Å². The van der Waals surface area contributed by atoms with Gasteiger partial charge in [-0.2, -0.15) is 5.26 Å². The normalized spacial score (nSPS) is 13.8. The van der Waals surface area contributed by atoms with Gasteiger partial charge < -0.3 is 29.4 Å². The number of benzene rings is 4. The van der Waals surface area contributed by atoms with Crippen LogP contribution < -0.4 is 29.4 Å². The van der Waals surface area contributed by atoms with Gasteiger partial charge in [-0.15, -0.1) is 0 Å². The molecule has 0 radical (unpaired) electrons. The monoisotopic (exact) mass is 610 g/mol. The Morgan fingerprint density at radius 2 is 1.66 bits per heavy atom. The van der Waals surface area contributed by atoms with Crippen molar-refractivity contribution in [1.29, 1.82) is 5.26 Å². The van der Waals surface area contributed by atoms with Crippen molar-refractivity contribution in [2.24, 2.45) is 5.73 Å². The summed E-state index contributed by atoms with van der Waals surface area (Å²) >= 11 is 6.21. The van der Waals surface area contributed by atoms with Crippen LogP contribution in [0.3, 0.4) is 0 Å². The van der Waals surface area contributed by atoms with E-state index in [0.29, 0.717) is 40.2 Å². The molecule has 1 unspecified atom stereocenters. The molecule has 2 N–H and O–H groups in total. The molecule has 5 rings (SSSR count). The molecule has 1 aliphatic heterocycles. The fraction of sp³-hybridized carbons (Fsp3) is 0.200. The number of aryl methyl sites for hydroxylation is 3. The zero-order valence-corrected chi connectivity index (χ0v) is 25.5. The number of nitrogens with zero attached hydrogens (tertiary/aromatic N) is 1. The molecule has 0 fully saturated rings. The van der Waals surface area contributed by atoms with Crippen LogP contribution in [0, 0.1) is 32.1 Å². The van der Waals surface area contributed by atoms with Crippen molar-refractivity contribution in [3.05, 3.63) is 123 Å². The van der Waals surface area contributed by atoms with E-state index in [-0.39, 0.29) is 23.8 Å². The van der Waals surface area contributed by atoms with E-state index in [1.807, 2.05) is 63.2 Å². The van der Waals surface area contributed by atoms with Crippen molar-refractivity contribution >= 4 is 17.6 Å². The average Bonchev–Trinajstić information content (AvgIpc) is 3.01. The first-order valence-corrected chi connectivity index (χ1v) is 14.2. The van der Waals surface area contributed by atoms with Crippen LogP contribution in [0.1, 0.15) is 39.3 Å². The number of ether oxygens (including phenoxy) is 5. The number of rotatable bonds is 9. The average molecular weight is 611 g/mol. The van der Waals surface area contributed by atoms with Gasteiger partial charge in [-0.1, -0.05) is 53.6 Å². The third-order valence-corrected chi connectivity index (χ3v) is 7.82. The summed E-state index contributed by atoms with van der Waals surface area (Å²) in [4.78, 5) is 12.6. The Morgan fingerprint density at radius 1 is 0.932 bits per heavy atom. The van der Waals surface area contributed by atoms with Gasteiger partial charge in [0, 0.05) is 16.7 Å². The van der Waals surface area contributed by atoms with E-state index >= 15 is 0 Å². The van der Waals surface area contributed by atoms with E-state index in [2.05, 4.69) is 6.07 Å². The fourth-order valence-corrected chi connectivity index (χ4v) is 5.07. The number of nitrogens with two attached hydrogens (primary N) is 1. The summed E-state index contributed by atoms with van der Waals surface area (Å²) in [5.41, 5.74) is 11.8. The highest BCUT2D eigenvalue weighted by atomic mass is 35.5. The van der Waals surface area contributed by atoms with Gasteiger partial charge in [0.2, 0.25) is 5.88 Å². The van der Waals surface area contributed by atoms with Crippen LogP contribution in [-0.2, 0) is 11.4 Å². The lowest BCUT2D eigenvalue weighted by molar-refractivity contribution is -0.136. The first-order valence-electron chi connectivity index (χ1n) is 13.8. The maximum Gasteiger partial charge on any atom is 0.349 e. The molecule has 0 aliphatic carbocycles. The summed E-state index contributed by atoms with van der Waals surface area (Å²) in [6, 6.07) is 24.2. The molecule has 4 aromatic carbocycles. The van der Waals surface area contributed by atoms with Crippen molar-refractivity contribution in [1.82, 2.24) is 0 Å². The Morgan fingerprint density at radius 3 is 2.34 bits per heavy atom. The van der Waals surface area contributed by atoms with Crippen LogP contribution in [0.5, 0.6) is 28.7 Å². The Labute approximate surface area is 261 Å². The van der Waals surface area contributed by atoms with E-state index < -0.39 is 11.9 Å². The molecular formula is C35H31ClN2O6. The Bertz CT molecular complexity index is 1770. The Balaban J connectivity index is 1.34. The minimum Gasteiger partial charge on any atom is -0.493 e. The predicted molar refractivity (Wildman–Crippen MR) is 166 cm³/mol. The number of nitriles is 1. The van der Waals surface area contributed by atoms with Gasteiger partial charge in [-0.25, -0.2) is 4.79 Å². The molecule has 0 bridgehead atoms. The summed E-state index contributed by atoms with van der Waals surface area (Å²) in [7, 11) is 1.56. The van der Waals surface area contributed by atoms with Gasteiger partial charge in [0.25, 0.3) is 0 Å². The molecule has 0 aromatic heterocycles. The highest BCUT2D eigenvalue weighted by Gasteiger charge is 2.32. The van der Waals surface area contributed by atoms with Crippen molar-refractivity contribution in [3.63, 3.8) is 0 Å². The SMILES string of the molecule is COc1cc(C2C(C#N)=C(N)Oc3cc(OC(=O)COc4cc(C)c(Cl)c(C)c4)ccc32)ccc1OCc1ccc(C)cc1. The number of methoxy groups -OCH3 is 1. The standard InChI is InChI=1S/C35H31ClN2O6/c1-20-5-7-23(8-6-20)18-42-29-12-9-24(15-31(29)40-4)33-27-11-10-25(16-30(27)44-35(38)28(33)17-37)43-32(39)19-41-26-13-21(2)34(36)22(3)14-26/h5-16,33H,18-19,38H2,1-4H3. The molecule has 44 heavy (non-hydrogen) atoms. The second kappa shape index (κ2) is 13.0. The van der Waals surface area contributed by atoms with Crippen LogP contribution in [0.25, 0.3) is 0 Å². The fourth-order valence-electron chi connectivity index (χ4n) is 4.96. The molecule has 0 spiro atoms. The van der Waals surface area contributed by atoms with Crippen LogP contribution in [-0.4, -0.2) is 19.7 Å². The first-order chi connectivity index (χ1) is 21.2. The molecule has 0 amide bonds. The minimum absolute atomic E-state index is 0.0380. The molecule has 8 nitrogen and oxygen atoms in total. The maximum absolute atomic E-state index is 12.6. The topological polar surface area (TPSA) is 113 Å². The molecule has 0 saturated carbocycles. The summed E-state index contributed by atoms with van der Waals surface area (Å²) in [6.45, 7) is 5.83. The molecule has 1 atom stereocenters. The van der Waals surface area contributed by atoms with E-state index in [4.69, 9.17) is 41.0 Å². The quantitative estimate of drug-likeness (QED) is 0.158. The summed E-state index contributed by atoms with van der Waals surface area (Å²) < 4.78 is 28.6. The molecule has 224 valence electrons. The number of esters is 1. The molecule has 1 heterocycles. The number of hydrogen-bond donors (Lipinski definition) is 1. The Hall–Kier alpha value is -5.13. The molecule has 9 heteroatoms. The van der Waals surface area contributed by atoms with Gasteiger partial charge in [-0.3, -0.25) is 0 Å². The number of hydrogen-bond acceptors (Lipinski definition) is 8. The third-order valence-electron chi connectivity index (χ3n) is 7.22. The highest BCUT2D eigenvalue weighted by Crippen LogP contribution is 2.45.